The number of carbonyl (C=O) groups excluding carboxylic acids is 1. The highest BCUT2D eigenvalue weighted by Crippen LogP contribution is 2.26. The lowest BCUT2D eigenvalue weighted by Gasteiger charge is -2.18. The van der Waals surface area contributed by atoms with Crippen LogP contribution in [0.1, 0.15) is 11.9 Å². The zero-order valence-electron chi connectivity index (χ0n) is 8.34. The number of nitrogens with zero attached hydrogens (tertiary/aromatic N) is 3. The van der Waals surface area contributed by atoms with Crippen molar-refractivity contribution >= 4 is 11.8 Å². The molecule has 0 radical (unpaired) electrons. The van der Waals surface area contributed by atoms with Crippen molar-refractivity contribution in [3.63, 3.8) is 0 Å². The van der Waals surface area contributed by atoms with Gasteiger partial charge in [0.1, 0.15) is 17.7 Å². The van der Waals surface area contributed by atoms with Gasteiger partial charge in [0.2, 0.25) is 0 Å². The highest BCUT2D eigenvalue weighted by molar-refractivity contribution is 5.93. The third kappa shape index (κ3) is 1.25. The highest BCUT2D eigenvalue weighted by atomic mass is 16.2. The largest absolute Gasteiger partial charge is 0.347 e. The number of amides is 2. The van der Waals surface area contributed by atoms with E-state index in [9.17, 15) is 4.79 Å². The third-order valence-electron chi connectivity index (χ3n) is 2.56. The number of rotatable bonds is 2. The Kier molecular flexibility index (Phi) is 1.89. The Morgan fingerprint density at radius 3 is 3.06 bits per heavy atom. The molecule has 16 heavy (non-hydrogen) atoms. The maximum atomic E-state index is 11.7. The van der Waals surface area contributed by atoms with Crippen molar-refractivity contribution in [2.45, 2.75) is 6.04 Å². The Balaban J connectivity index is 1.97. The molecule has 1 unspecified atom stereocenters. The lowest BCUT2D eigenvalue weighted by Crippen LogP contribution is -2.30. The Morgan fingerprint density at radius 2 is 2.38 bits per heavy atom. The second-order valence-electron chi connectivity index (χ2n) is 3.48. The molecule has 7 heteroatoms. The van der Waals surface area contributed by atoms with Crippen LogP contribution >= 0.6 is 0 Å². The van der Waals surface area contributed by atoms with E-state index in [-0.39, 0.29) is 12.1 Å². The molecule has 3 heterocycles. The summed E-state index contributed by atoms with van der Waals surface area (Å²) < 4.78 is 0. The van der Waals surface area contributed by atoms with Crippen molar-refractivity contribution in [2.24, 2.45) is 0 Å². The van der Waals surface area contributed by atoms with Crippen LogP contribution in [0.3, 0.4) is 0 Å². The number of carbonyl (C=O) groups is 1. The number of urea groups is 1. The summed E-state index contributed by atoms with van der Waals surface area (Å²) in [7, 11) is 0. The van der Waals surface area contributed by atoms with E-state index in [1.807, 2.05) is 0 Å². The molecule has 7 nitrogen and oxygen atoms in total. The number of aromatic amines is 2. The molecule has 3 rings (SSSR count). The Morgan fingerprint density at radius 1 is 1.44 bits per heavy atom. The van der Waals surface area contributed by atoms with E-state index in [2.05, 4.69) is 25.3 Å². The zero-order valence-corrected chi connectivity index (χ0v) is 8.34. The first-order valence-electron chi connectivity index (χ1n) is 4.91. The molecule has 1 saturated heterocycles. The molecule has 0 aromatic carbocycles. The van der Waals surface area contributed by atoms with Gasteiger partial charge in [-0.05, 0) is 0 Å². The molecule has 1 aliphatic rings. The van der Waals surface area contributed by atoms with Gasteiger partial charge in [0.25, 0.3) is 0 Å². The van der Waals surface area contributed by atoms with E-state index < -0.39 is 0 Å². The fourth-order valence-electron chi connectivity index (χ4n) is 1.84. The van der Waals surface area contributed by atoms with Gasteiger partial charge in [-0.25, -0.2) is 14.8 Å². The molecular weight excluding hydrogens is 208 g/mol. The summed E-state index contributed by atoms with van der Waals surface area (Å²) in [6, 6.07) is -0.270. The van der Waals surface area contributed by atoms with Gasteiger partial charge in [0.05, 0.1) is 12.5 Å². The van der Waals surface area contributed by atoms with Gasteiger partial charge in [-0.3, -0.25) is 4.90 Å². The first-order valence-corrected chi connectivity index (χ1v) is 4.91. The first-order chi connectivity index (χ1) is 7.86. The molecule has 82 valence electrons. The Bertz CT molecular complexity index is 476. The second-order valence-corrected chi connectivity index (χ2v) is 3.48. The van der Waals surface area contributed by atoms with Crippen LogP contribution in [-0.4, -0.2) is 32.5 Å². The van der Waals surface area contributed by atoms with Crippen LogP contribution in [-0.2, 0) is 0 Å². The molecule has 3 N–H and O–H groups in total. The topological polar surface area (TPSA) is 89.7 Å². The Labute approximate surface area is 90.9 Å². The van der Waals surface area contributed by atoms with Gasteiger partial charge in [-0.2, -0.15) is 0 Å². The summed E-state index contributed by atoms with van der Waals surface area (Å²) in [4.78, 5) is 27.3. The van der Waals surface area contributed by atoms with Crippen LogP contribution < -0.4 is 10.2 Å². The molecule has 2 aromatic heterocycles. The summed E-state index contributed by atoms with van der Waals surface area (Å²) >= 11 is 0. The third-order valence-corrected chi connectivity index (χ3v) is 2.56. The van der Waals surface area contributed by atoms with Gasteiger partial charge in [-0.15, -0.1) is 0 Å². The van der Waals surface area contributed by atoms with Crippen molar-refractivity contribution in [2.75, 3.05) is 11.4 Å². The van der Waals surface area contributed by atoms with Crippen molar-refractivity contribution in [3.05, 3.63) is 30.7 Å². The molecule has 0 aliphatic carbocycles. The number of aromatic nitrogens is 4. The minimum Gasteiger partial charge on any atom is -0.347 e. The first kappa shape index (κ1) is 8.96. The number of nitrogens with one attached hydrogen (secondary N) is 3. The maximum Gasteiger partial charge on any atom is 0.323 e. The summed E-state index contributed by atoms with van der Waals surface area (Å²) in [5.74, 6) is 1.42. The molecule has 2 aromatic rings. The fourth-order valence-corrected chi connectivity index (χ4v) is 1.84. The lowest BCUT2D eigenvalue weighted by atomic mass is 10.2. The van der Waals surface area contributed by atoms with E-state index in [0.717, 1.165) is 5.82 Å². The molecular formula is C9H10N6O. The van der Waals surface area contributed by atoms with Crippen molar-refractivity contribution in [1.82, 2.24) is 25.3 Å². The van der Waals surface area contributed by atoms with E-state index in [1.165, 1.54) is 0 Å². The number of H-pyrrole nitrogens is 2. The predicted molar refractivity (Wildman–Crippen MR) is 55.8 cm³/mol. The number of hydrogen-bond acceptors (Lipinski definition) is 3. The SMILES string of the molecule is O=C1NCC(c2ncc[nH]2)N1c1cnc[nH]1. The molecule has 1 fully saturated rings. The van der Waals surface area contributed by atoms with E-state index in [4.69, 9.17) is 0 Å². The van der Waals surface area contributed by atoms with Gasteiger partial charge in [-0.1, -0.05) is 0 Å². The average molecular weight is 218 g/mol. The van der Waals surface area contributed by atoms with Crippen molar-refractivity contribution in [3.8, 4) is 0 Å². The molecule has 1 atom stereocenters. The van der Waals surface area contributed by atoms with Gasteiger partial charge >= 0.3 is 6.03 Å². The monoisotopic (exact) mass is 218 g/mol. The zero-order chi connectivity index (χ0) is 11.0. The maximum absolute atomic E-state index is 11.7. The second kappa shape index (κ2) is 3.37. The summed E-state index contributed by atoms with van der Waals surface area (Å²) in [5, 5.41) is 2.78. The number of anilines is 1. The van der Waals surface area contributed by atoms with Gasteiger partial charge in [0.15, 0.2) is 0 Å². The van der Waals surface area contributed by atoms with Crippen LogP contribution in [0.15, 0.2) is 24.9 Å². The minimum absolute atomic E-state index is 0.122. The van der Waals surface area contributed by atoms with Crippen LogP contribution in [0.4, 0.5) is 10.6 Å². The van der Waals surface area contributed by atoms with E-state index in [0.29, 0.717) is 12.4 Å². The highest BCUT2D eigenvalue weighted by Gasteiger charge is 2.35. The molecule has 0 saturated carbocycles. The molecule has 0 bridgehead atoms. The molecule has 1 aliphatic heterocycles. The van der Waals surface area contributed by atoms with Gasteiger partial charge in [0, 0.05) is 18.9 Å². The van der Waals surface area contributed by atoms with Crippen molar-refractivity contribution in [1.29, 1.82) is 0 Å². The van der Waals surface area contributed by atoms with Crippen LogP contribution in [0, 0.1) is 0 Å². The van der Waals surface area contributed by atoms with Crippen molar-refractivity contribution < 1.29 is 4.79 Å². The van der Waals surface area contributed by atoms with E-state index in [1.54, 1.807) is 29.8 Å². The van der Waals surface area contributed by atoms with Crippen LogP contribution in [0.2, 0.25) is 0 Å². The number of imidazole rings is 2. The molecule has 0 spiro atoms. The predicted octanol–water partition coefficient (Wildman–Crippen LogP) is 0.404. The minimum atomic E-state index is -0.148. The molecule has 2 amide bonds. The summed E-state index contributed by atoms with van der Waals surface area (Å²) in [5.41, 5.74) is 0. The normalized spacial score (nSPS) is 20.1. The smallest absolute Gasteiger partial charge is 0.323 e. The van der Waals surface area contributed by atoms with Crippen LogP contribution in [0.5, 0.6) is 0 Å². The van der Waals surface area contributed by atoms with Gasteiger partial charge < -0.3 is 15.3 Å². The van der Waals surface area contributed by atoms with E-state index >= 15 is 0 Å². The standard InChI is InChI=1S/C9H10N6O/c16-9-13-3-6(8-11-1-2-12-8)15(9)7-4-10-5-14-7/h1-2,4-6H,3H2,(H,10,14)(H,11,12)(H,13,16). The quantitative estimate of drug-likeness (QED) is 0.681. The summed E-state index contributed by atoms with van der Waals surface area (Å²) in [6.07, 6.45) is 6.56. The van der Waals surface area contributed by atoms with Crippen LogP contribution in [0.25, 0.3) is 0 Å². The number of hydrogen-bond donors (Lipinski definition) is 3. The fraction of sp³-hybridized carbons (Fsp3) is 0.222. The Hall–Kier alpha value is -2.31. The summed E-state index contributed by atoms with van der Waals surface area (Å²) in [6.45, 7) is 0.533. The lowest BCUT2D eigenvalue weighted by molar-refractivity contribution is 0.251. The average Bonchev–Trinajstić information content (AvgIpc) is 2.96.